The Morgan fingerprint density at radius 2 is 1.94 bits per heavy atom. The van der Waals surface area contributed by atoms with E-state index in [4.69, 9.17) is 13.9 Å². The van der Waals surface area contributed by atoms with Crippen LogP contribution in [0, 0.1) is 0 Å². The molecule has 18 heavy (non-hydrogen) atoms. The Bertz CT molecular complexity index is 494. The minimum atomic E-state index is 0.158. The SMILES string of the molecule is COc1ccc(CC(Br)c2ccco2)cc1OC. The maximum absolute atomic E-state index is 5.37. The van der Waals surface area contributed by atoms with Crippen molar-refractivity contribution >= 4 is 15.9 Å². The summed E-state index contributed by atoms with van der Waals surface area (Å²) in [5.41, 5.74) is 1.16. The molecule has 4 heteroatoms. The fourth-order valence-electron chi connectivity index (χ4n) is 1.78. The van der Waals surface area contributed by atoms with E-state index < -0.39 is 0 Å². The van der Waals surface area contributed by atoms with Crippen molar-refractivity contribution in [2.75, 3.05) is 14.2 Å². The highest BCUT2D eigenvalue weighted by molar-refractivity contribution is 9.09. The van der Waals surface area contributed by atoms with Crippen molar-refractivity contribution in [3.05, 3.63) is 47.9 Å². The van der Waals surface area contributed by atoms with Crippen LogP contribution in [0.3, 0.4) is 0 Å². The van der Waals surface area contributed by atoms with E-state index in [2.05, 4.69) is 15.9 Å². The van der Waals surface area contributed by atoms with E-state index in [9.17, 15) is 0 Å². The van der Waals surface area contributed by atoms with Crippen molar-refractivity contribution in [3.8, 4) is 11.5 Å². The van der Waals surface area contributed by atoms with Crippen molar-refractivity contribution in [3.63, 3.8) is 0 Å². The van der Waals surface area contributed by atoms with Gasteiger partial charge in [0, 0.05) is 0 Å². The molecule has 0 spiro atoms. The van der Waals surface area contributed by atoms with Gasteiger partial charge in [0.05, 0.1) is 25.3 Å². The number of benzene rings is 1. The van der Waals surface area contributed by atoms with E-state index >= 15 is 0 Å². The summed E-state index contributed by atoms with van der Waals surface area (Å²) < 4.78 is 15.9. The van der Waals surface area contributed by atoms with Gasteiger partial charge in [0.1, 0.15) is 5.76 Å². The zero-order chi connectivity index (χ0) is 13.0. The largest absolute Gasteiger partial charge is 0.493 e. The molecule has 1 heterocycles. The van der Waals surface area contributed by atoms with Gasteiger partial charge in [0.2, 0.25) is 0 Å². The topological polar surface area (TPSA) is 31.6 Å². The molecule has 0 bridgehead atoms. The third-order valence-corrected chi connectivity index (χ3v) is 3.49. The van der Waals surface area contributed by atoms with Gasteiger partial charge in [-0.1, -0.05) is 22.0 Å². The predicted molar refractivity (Wildman–Crippen MR) is 73.6 cm³/mol. The molecule has 0 radical (unpaired) electrons. The fourth-order valence-corrected chi connectivity index (χ4v) is 2.42. The number of hydrogen-bond acceptors (Lipinski definition) is 3. The summed E-state index contributed by atoms with van der Waals surface area (Å²) in [6.07, 6.45) is 2.51. The van der Waals surface area contributed by atoms with Crippen LogP contribution in [0.2, 0.25) is 0 Å². The van der Waals surface area contributed by atoms with Gasteiger partial charge in [-0.15, -0.1) is 0 Å². The van der Waals surface area contributed by atoms with E-state index in [1.807, 2.05) is 30.3 Å². The van der Waals surface area contributed by atoms with Crippen LogP contribution in [-0.2, 0) is 6.42 Å². The molecule has 0 aliphatic heterocycles. The highest BCUT2D eigenvalue weighted by atomic mass is 79.9. The second kappa shape index (κ2) is 5.96. The zero-order valence-electron chi connectivity index (χ0n) is 10.4. The maximum Gasteiger partial charge on any atom is 0.160 e. The highest BCUT2D eigenvalue weighted by Gasteiger charge is 2.13. The molecular formula is C14H15BrO3. The second-order valence-corrected chi connectivity index (χ2v) is 4.98. The van der Waals surface area contributed by atoms with Gasteiger partial charge in [-0.05, 0) is 36.2 Å². The number of alkyl halides is 1. The third kappa shape index (κ3) is 2.88. The molecule has 0 N–H and O–H groups in total. The van der Waals surface area contributed by atoms with E-state index in [0.29, 0.717) is 0 Å². The van der Waals surface area contributed by atoms with Crippen molar-refractivity contribution in [2.24, 2.45) is 0 Å². The predicted octanol–water partition coefficient (Wildman–Crippen LogP) is 3.98. The first-order chi connectivity index (χ1) is 8.74. The van der Waals surface area contributed by atoms with Gasteiger partial charge in [-0.2, -0.15) is 0 Å². The molecule has 0 fully saturated rings. The molecule has 2 aromatic rings. The van der Waals surface area contributed by atoms with Crippen LogP contribution in [0.1, 0.15) is 16.2 Å². The molecule has 1 aromatic heterocycles. The lowest BCUT2D eigenvalue weighted by atomic mass is 10.1. The monoisotopic (exact) mass is 310 g/mol. The van der Waals surface area contributed by atoms with Crippen LogP contribution in [-0.4, -0.2) is 14.2 Å². The lowest BCUT2D eigenvalue weighted by Gasteiger charge is -2.11. The van der Waals surface area contributed by atoms with E-state index in [0.717, 1.165) is 29.2 Å². The van der Waals surface area contributed by atoms with E-state index in [1.54, 1.807) is 20.5 Å². The Morgan fingerprint density at radius 3 is 2.56 bits per heavy atom. The second-order valence-electron chi connectivity index (χ2n) is 3.88. The molecule has 0 aliphatic carbocycles. The van der Waals surface area contributed by atoms with Crippen LogP contribution < -0.4 is 9.47 Å². The van der Waals surface area contributed by atoms with Crippen molar-refractivity contribution < 1.29 is 13.9 Å². The minimum Gasteiger partial charge on any atom is -0.493 e. The number of hydrogen-bond donors (Lipinski definition) is 0. The van der Waals surface area contributed by atoms with Gasteiger partial charge in [-0.3, -0.25) is 0 Å². The van der Waals surface area contributed by atoms with E-state index in [1.165, 1.54) is 0 Å². The Hall–Kier alpha value is -1.42. The standard InChI is InChI=1S/C14H15BrO3/c1-16-13-6-5-10(9-14(13)17-2)8-11(15)12-4-3-7-18-12/h3-7,9,11H,8H2,1-2H3. The van der Waals surface area contributed by atoms with Crippen LogP contribution >= 0.6 is 15.9 Å². The first-order valence-corrected chi connectivity index (χ1v) is 6.54. The zero-order valence-corrected chi connectivity index (χ0v) is 11.9. The van der Waals surface area contributed by atoms with E-state index in [-0.39, 0.29) is 4.83 Å². The molecule has 1 aromatic carbocycles. The van der Waals surface area contributed by atoms with Crippen molar-refractivity contribution in [1.82, 2.24) is 0 Å². The number of methoxy groups -OCH3 is 2. The molecule has 96 valence electrons. The molecule has 0 saturated heterocycles. The molecule has 3 nitrogen and oxygen atoms in total. The number of ether oxygens (including phenoxy) is 2. The lowest BCUT2D eigenvalue weighted by molar-refractivity contribution is 0.354. The van der Waals surface area contributed by atoms with Crippen LogP contribution in [0.4, 0.5) is 0 Å². The maximum atomic E-state index is 5.37. The molecule has 0 aliphatic rings. The van der Waals surface area contributed by atoms with Gasteiger partial charge in [-0.25, -0.2) is 0 Å². The Balaban J connectivity index is 2.14. The average Bonchev–Trinajstić information content (AvgIpc) is 2.92. The van der Waals surface area contributed by atoms with Crippen molar-refractivity contribution in [2.45, 2.75) is 11.2 Å². The Kier molecular flexibility index (Phi) is 4.31. The number of rotatable bonds is 5. The molecule has 2 rings (SSSR count). The quantitative estimate of drug-likeness (QED) is 0.783. The molecular weight excluding hydrogens is 296 g/mol. The molecule has 0 amide bonds. The van der Waals surface area contributed by atoms with Crippen molar-refractivity contribution in [1.29, 1.82) is 0 Å². The molecule has 0 saturated carbocycles. The fraction of sp³-hybridized carbons (Fsp3) is 0.286. The van der Waals surface area contributed by atoms with Gasteiger partial charge in [0.15, 0.2) is 11.5 Å². The minimum absolute atomic E-state index is 0.158. The van der Waals surface area contributed by atoms with Crippen LogP contribution in [0.25, 0.3) is 0 Å². The summed E-state index contributed by atoms with van der Waals surface area (Å²) in [5, 5.41) is 0. The van der Waals surface area contributed by atoms with Gasteiger partial charge in [0.25, 0.3) is 0 Å². The number of halogens is 1. The first-order valence-electron chi connectivity index (χ1n) is 5.63. The van der Waals surface area contributed by atoms with Crippen LogP contribution in [0.5, 0.6) is 11.5 Å². The smallest absolute Gasteiger partial charge is 0.160 e. The summed E-state index contributed by atoms with van der Waals surface area (Å²) in [5.74, 6) is 2.41. The normalized spacial score (nSPS) is 12.2. The first kappa shape index (κ1) is 13.0. The summed E-state index contributed by atoms with van der Waals surface area (Å²) in [4.78, 5) is 0.158. The lowest BCUT2D eigenvalue weighted by Crippen LogP contribution is -1.96. The average molecular weight is 311 g/mol. The Labute approximate surface area is 115 Å². The summed E-state index contributed by atoms with van der Waals surface area (Å²) in [6.45, 7) is 0. The summed E-state index contributed by atoms with van der Waals surface area (Å²) in [7, 11) is 3.27. The molecule has 1 unspecified atom stereocenters. The number of furan rings is 1. The van der Waals surface area contributed by atoms with Gasteiger partial charge < -0.3 is 13.9 Å². The van der Waals surface area contributed by atoms with Crippen LogP contribution in [0.15, 0.2) is 41.0 Å². The third-order valence-electron chi connectivity index (χ3n) is 2.71. The Morgan fingerprint density at radius 1 is 1.17 bits per heavy atom. The highest BCUT2D eigenvalue weighted by Crippen LogP contribution is 2.32. The van der Waals surface area contributed by atoms with Gasteiger partial charge >= 0.3 is 0 Å². The summed E-state index contributed by atoms with van der Waals surface area (Å²) in [6, 6.07) is 9.77. The summed E-state index contributed by atoms with van der Waals surface area (Å²) >= 11 is 3.62. The molecule has 1 atom stereocenters.